The normalized spacial score (nSPS) is 11.0. The van der Waals surface area contributed by atoms with Gasteiger partial charge in [0.1, 0.15) is 12.2 Å². The third-order valence-corrected chi connectivity index (χ3v) is 4.08. The molecule has 0 aliphatic heterocycles. The van der Waals surface area contributed by atoms with Gasteiger partial charge in [0.2, 0.25) is 0 Å². The van der Waals surface area contributed by atoms with Crippen LogP contribution in [-0.2, 0) is 29.2 Å². The molecular formula is C15H24IN7O2S. The van der Waals surface area contributed by atoms with Gasteiger partial charge in [-0.25, -0.2) is 14.7 Å². The minimum Gasteiger partial charge on any atom is -0.468 e. The number of hydrogen-bond donors (Lipinski definition) is 1. The molecule has 144 valence electrons. The van der Waals surface area contributed by atoms with Gasteiger partial charge in [0, 0.05) is 19.0 Å². The number of rotatable bonds is 7. The number of carbonyl (C=O) groups is 1. The third-order valence-electron chi connectivity index (χ3n) is 3.26. The van der Waals surface area contributed by atoms with E-state index in [2.05, 4.69) is 30.3 Å². The molecule has 0 saturated heterocycles. The van der Waals surface area contributed by atoms with Gasteiger partial charge >= 0.3 is 5.97 Å². The van der Waals surface area contributed by atoms with E-state index in [0.717, 1.165) is 23.2 Å². The molecule has 1 N–H and O–H groups in total. The summed E-state index contributed by atoms with van der Waals surface area (Å²) in [5, 5.41) is 14.3. The van der Waals surface area contributed by atoms with E-state index in [1.807, 2.05) is 31.2 Å². The van der Waals surface area contributed by atoms with Crippen LogP contribution in [-0.4, -0.2) is 57.5 Å². The minimum absolute atomic E-state index is 0. The first-order valence-corrected chi connectivity index (χ1v) is 8.76. The van der Waals surface area contributed by atoms with E-state index in [-0.39, 0.29) is 36.5 Å². The van der Waals surface area contributed by atoms with Gasteiger partial charge in [-0.3, -0.25) is 4.79 Å². The molecule has 11 heteroatoms. The molecular weight excluding hydrogens is 469 g/mol. The number of guanidine groups is 1. The summed E-state index contributed by atoms with van der Waals surface area (Å²) in [5.74, 6) is 0.391. The summed E-state index contributed by atoms with van der Waals surface area (Å²) in [7, 11) is 3.30. The maximum Gasteiger partial charge on any atom is 0.327 e. The molecule has 0 radical (unpaired) electrons. The molecule has 0 atom stereocenters. The average molecular weight is 493 g/mol. The highest BCUT2D eigenvalue weighted by Gasteiger charge is 2.10. The predicted molar refractivity (Wildman–Crippen MR) is 111 cm³/mol. The van der Waals surface area contributed by atoms with Crippen molar-refractivity contribution in [3.63, 3.8) is 0 Å². The van der Waals surface area contributed by atoms with Crippen LogP contribution in [0.15, 0.2) is 16.6 Å². The first-order valence-electron chi connectivity index (χ1n) is 7.88. The molecule has 2 aromatic heterocycles. The van der Waals surface area contributed by atoms with Crippen LogP contribution in [0.1, 0.15) is 23.3 Å². The minimum atomic E-state index is -0.369. The Morgan fingerprint density at radius 2 is 2.23 bits per heavy atom. The van der Waals surface area contributed by atoms with Gasteiger partial charge in [-0.15, -0.1) is 40.4 Å². The highest BCUT2D eigenvalue weighted by molar-refractivity contribution is 14.0. The fraction of sp³-hybridized carbons (Fsp3) is 0.533. The Morgan fingerprint density at radius 1 is 1.46 bits per heavy atom. The zero-order chi connectivity index (χ0) is 18.2. The Bertz CT molecular complexity index is 731. The maximum atomic E-state index is 11.2. The fourth-order valence-corrected chi connectivity index (χ4v) is 2.71. The van der Waals surface area contributed by atoms with Crippen molar-refractivity contribution in [1.29, 1.82) is 0 Å². The number of carbonyl (C=O) groups excluding carboxylic acids is 1. The highest BCUT2D eigenvalue weighted by atomic mass is 127. The molecule has 26 heavy (non-hydrogen) atoms. The van der Waals surface area contributed by atoms with Gasteiger partial charge in [0.15, 0.2) is 5.96 Å². The van der Waals surface area contributed by atoms with E-state index in [9.17, 15) is 4.79 Å². The maximum absolute atomic E-state index is 11.2. The number of aliphatic imine (C=N–C) groups is 1. The summed E-state index contributed by atoms with van der Waals surface area (Å²) >= 11 is 1.63. The van der Waals surface area contributed by atoms with Crippen LogP contribution in [0.4, 0.5) is 0 Å². The Hall–Kier alpha value is -1.76. The summed E-state index contributed by atoms with van der Waals surface area (Å²) < 4.78 is 6.04. The molecule has 0 bridgehead atoms. The lowest BCUT2D eigenvalue weighted by Gasteiger charge is -2.20. The van der Waals surface area contributed by atoms with Gasteiger partial charge in [0.05, 0.1) is 37.1 Å². The van der Waals surface area contributed by atoms with Crippen LogP contribution in [0.3, 0.4) is 0 Å². The van der Waals surface area contributed by atoms with Gasteiger partial charge in [-0.1, -0.05) is 5.21 Å². The molecule has 0 spiro atoms. The second-order valence-electron chi connectivity index (χ2n) is 5.37. The molecule has 0 unspecified atom stereocenters. The largest absolute Gasteiger partial charge is 0.468 e. The summed E-state index contributed by atoms with van der Waals surface area (Å²) in [6.07, 6.45) is 1.69. The number of thiazole rings is 1. The number of ether oxygens (including phenoxy) is 1. The smallest absolute Gasteiger partial charge is 0.327 e. The van der Waals surface area contributed by atoms with Gasteiger partial charge in [-0.05, 0) is 13.8 Å². The second kappa shape index (κ2) is 11.1. The number of esters is 1. The number of aromatic nitrogens is 4. The Morgan fingerprint density at radius 3 is 2.85 bits per heavy atom. The summed E-state index contributed by atoms with van der Waals surface area (Å²) in [4.78, 5) is 22.3. The summed E-state index contributed by atoms with van der Waals surface area (Å²) in [6, 6.07) is 0. The number of aryl methyl sites for hydroxylation is 1. The Kier molecular flexibility index (Phi) is 9.48. The second-order valence-corrected chi connectivity index (χ2v) is 6.43. The number of hydrogen-bond acceptors (Lipinski definition) is 7. The van der Waals surface area contributed by atoms with Crippen LogP contribution in [0, 0.1) is 6.92 Å². The van der Waals surface area contributed by atoms with Crippen molar-refractivity contribution in [2.75, 3.05) is 20.7 Å². The SMILES string of the molecule is CCNC(=NCc1cn(CC(=O)OC)nn1)N(C)Cc1csc(C)n1.I. The monoisotopic (exact) mass is 493 g/mol. The lowest BCUT2D eigenvalue weighted by atomic mass is 10.4. The Balaban J connectivity index is 0.00000338. The van der Waals surface area contributed by atoms with Crippen molar-refractivity contribution in [1.82, 2.24) is 30.2 Å². The fourth-order valence-electron chi connectivity index (χ4n) is 2.11. The van der Waals surface area contributed by atoms with Crippen LogP contribution in [0.25, 0.3) is 0 Å². The van der Waals surface area contributed by atoms with Crippen molar-refractivity contribution in [3.05, 3.63) is 28.0 Å². The molecule has 0 amide bonds. The zero-order valence-corrected chi connectivity index (χ0v) is 18.4. The first-order chi connectivity index (χ1) is 12.0. The van der Waals surface area contributed by atoms with Crippen molar-refractivity contribution >= 4 is 47.2 Å². The van der Waals surface area contributed by atoms with Crippen molar-refractivity contribution < 1.29 is 9.53 Å². The topological polar surface area (TPSA) is 97.5 Å². The van der Waals surface area contributed by atoms with E-state index in [1.165, 1.54) is 11.8 Å². The molecule has 2 heterocycles. The Labute approximate surface area is 173 Å². The van der Waals surface area contributed by atoms with Gasteiger partial charge in [-0.2, -0.15) is 0 Å². The summed E-state index contributed by atoms with van der Waals surface area (Å²) in [6.45, 7) is 5.84. The molecule has 0 aliphatic carbocycles. The molecule has 0 fully saturated rings. The molecule has 0 saturated carbocycles. The molecule has 2 aromatic rings. The van der Waals surface area contributed by atoms with Crippen LogP contribution in [0.2, 0.25) is 0 Å². The quantitative estimate of drug-likeness (QED) is 0.270. The van der Waals surface area contributed by atoms with Crippen molar-refractivity contribution in [2.45, 2.75) is 33.5 Å². The van der Waals surface area contributed by atoms with Crippen LogP contribution < -0.4 is 5.32 Å². The van der Waals surface area contributed by atoms with Crippen molar-refractivity contribution in [2.24, 2.45) is 4.99 Å². The molecule has 2 rings (SSSR count). The van der Waals surface area contributed by atoms with E-state index >= 15 is 0 Å². The van der Waals surface area contributed by atoms with E-state index in [0.29, 0.717) is 18.8 Å². The number of methoxy groups -OCH3 is 1. The molecule has 0 aliphatic rings. The van der Waals surface area contributed by atoms with Crippen LogP contribution in [0.5, 0.6) is 0 Å². The molecule has 0 aromatic carbocycles. The molecule has 9 nitrogen and oxygen atoms in total. The van der Waals surface area contributed by atoms with E-state index in [4.69, 9.17) is 0 Å². The zero-order valence-electron chi connectivity index (χ0n) is 15.3. The highest BCUT2D eigenvalue weighted by Crippen LogP contribution is 2.10. The predicted octanol–water partition coefficient (Wildman–Crippen LogP) is 1.43. The van der Waals surface area contributed by atoms with E-state index < -0.39 is 0 Å². The number of nitrogens with zero attached hydrogens (tertiary/aromatic N) is 6. The van der Waals surface area contributed by atoms with Gasteiger partial charge < -0.3 is 15.0 Å². The first kappa shape index (κ1) is 22.3. The van der Waals surface area contributed by atoms with Crippen LogP contribution >= 0.6 is 35.3 Å². The number of nitrogens with one attached hydrogen (secondary N) is 1. The van der Waals surface area contributed by atoms with Gasteiger partial charge in [0.25, 0.3) is 0 Å². The third kappa shape index (κ3) is 6.86. The van der Waals surface area contributed by atoms with Crippen molar-refractivity contribution in [3.8, 4) is 0 Å². The lowest BCUT2D eigenvalue weighted by Crippen LogP contribution is -2.38. The number of halogens is 1. The lowest BCUT2D eigenvalue weighted by molar-refractivity contribution is -0.141. The van der Waals surface area contributed by atoms with E-state index in [1.54, 1.807) is 17.5 Å². The standard InChI is InChI=1S/C15H23N7O2S.HI/c1-5-16-15(21(3)7-13-10-25-11(2)18-13)17-6-12-8-22(20-19-12)9-14(23)24-4;/h8,10H,5-7,9H2,1-4H3,(H,16,17);1H. The average Bonchev–Trinajstić information content (AvgIpc) is 3.20. The summed E-state index contributed by atoms with van der Waals surface area (Å²) in [5.41, 5.74) is 1.69.